The van der Waals surface area contributed by atoms with E-state index in [4.69, 9.17) is 0 Å². The number of hydrogen-bond acceptors (Lipinski definition) is 1. The van der Waals surface area contributed by atoms with Crippen molar-refractivity contribution in [2.45, 2.75) is 32.9 Å². The molecule has 60 valence electrons. The highest BCUT2D eigenvalue weighted by atomic mass is 31.2. The maximum absolute atomic E-state index is 11.1. The molecule has 0 aliphatic carbocycles. The molecular formula is C7H15O2P. The second-order valence-corrected chi connectivity index (χ2v) is 5.24. The standard InChI is InChI=1S/C7H15O2P/c1-4-5-6-10(8,9)7(2)3/h5-7H,4H2,1-3H3,(H,8,9). The van der Waals surface area contributed by atoms with Gasteiger partial charge in [-0.2, -0.15) is 0 Å². The minimum Gasteiger partial charge on any atom is -0.341 e. The first kappa shape index (κ1) is 9.93. The number of allylic oxidation sites excluding steroid dienone is 1. The predicted octanol–water partition coefficient (Wildman–Crippen LogP) is 2.59. The first-order valence-electron chi connectivity index (χ1n) is 3.50. The molecule has 1 unspecified atom stereocenters. The van der Waals surface area contributed by atoms with E-state index in [9.17, 15) is 9.46 Å². The van der Waals surface area contributed by atoms with Crippen LogP contribution in [0.1, 0.15) is 27.2 Å². The largest absolute Gasteiger partial charge is 0.341 e. The van der Waals surface area contributed by atoms with Gasteiger partial charge >= 0.3 is 0 Å². The summed E-state index contributed by atoms with van der Waals surface area (Å²) in [4.78, 5) is 9.19. The summed E-state index contributed by atoms with van der Waals surface area (Å²) < 4.78 is 11.1. The topological polar surface area (TPSA) is 37.3 Å². The summed E-state index contributed by atoms with van der Waals surface area (Å²) in [6, 6.07) is 0. The average Bonchev–Trinajstić information content (AvgIpc) is 1.84. The van der Waals surface area contributed by atoms with Gasteiger partial charge in [0.2, 0.25) is 7.37 Å². The van der Waals surface area contributed by atoms with Crippen LogP contribution in [-0.2, 0) is 4.57 Å². The highest BCUT2D eigenvalue weighted by Gasteiger charge is 2.17. The van der Waals surface area contributed by atoms with Crippen LogP contribution in [0.15, 0.2) is 11.9 Å². The van der Waals surface area contributed by atoms with E-state index in [0.29, 0.717) is 0 Å². The van der Waals surface area contributed by atoms with Gasteiger partial charge in [-0.15, -0.1) is 0 Å². The predicted molar refractivity (Wildman–Crippen MR) is 44.4 cm³/mol. The van der Waals surface area contributed by atoms with Crippen molar-refractivity contribution in [1.29, 1.82) is 0 Å². The molecule has 0 bridgehead atoms. The molecule has 0 aliphatic rings. The van der Waals surface area contributed by atoms with E-state index < -0.39 is 7.37 Å². The third kappa shape index (κ3) is 3.19. The summed E-state index contributed by atoms with van der Waals surface area (Å²) >= 11 is 0. The molecule has 0 saturated carbocycles. The van der Waals surface area contributed by atoms with Crippen LogP contribution in [0.4, 0.5) is 0 Å². The van der Waals surface area contributed by atoms with E-state index in [2.05, 4.69) is 0 Å². The van der Waals surface area contributed by atoms with Crippen LogP contribution < -0.4 is 0 Å². The fraction of sp³-hybridized carbons (Fsp3) is 0.714. The minimum atomic E-state index is -2.96. The Hall–Kier alpha value is -0.0700. The summed E-state index contributed by atoms with van der Waals surface area (Å²) in [5, 5.41) is 0. The SMILES string of the molecule is CCC=CP(=O)(O)C(C)C. The zero-order valence-electron chi connectivity index (χ0n) is 6.74. The summed E-state index contributed by atoms with van der Waals surface area (Å²) in [5.74, 6) is 1.43. The van der Waals surface area contributed by atoms with Gasteiger partial charge in [0.15, 0.2) is 0 Å². The monoisotopic (exact) mass is 162 g/mol. The summed E-state index contributed by atoms with van der Waals surface area (Å²) in [6.45, 7) is 5.44. The zero-order chi connectivity index (χ0) is 8.20. The molecule has 2 nitrogen and oxygen atoms in total. The van der Waals surface area contributed by atoms with Gasteiger partial charge in [-0.05, 0) is 12.2 Å². The van der Waals surface area contributed by atoms with Crippen LogP contribution >= 0.6 is 7.37 Å². The Balaban J connectivity index is 4.14. The van der Waals surface area contributed by atoms with Crippen molar-refractivity contribution in [2.24, 2.45) is 0 Å². The molecule has 3 heteroatoms. The van der Waals surface area contributed by atoms with Crippen molar-refractivity contribution < 1.29 is 9.46 Å². The van der Waals surface area contributed by atoms with Crippen molar-refractivity contribution in [1.82, 2.24) is 0 Å². The Morgan fingerprint density at radius 3 is 2.40 bits per heavy atom. The van der Waals surface area contributed by atoms with Crippen LogP contribution in [0.25, 0.3) is 0 Å². The summed E-state index contributed by atoms with van der Waals surface area (Å²) in [7, 11) is -2.96. The highest BCUT2D eigenvalue weighted by Crippen LogP contribution is 2.47. The summed E-state index contributed by atoms with van der Waals surface area (Å²) in [6.07, 6.45) is 2.55. The molecule has 0 saturated heterocycles. The van der Waals surface area contributed by atoms with Gasteiger partial charge < -0.3 is 4.89 Å². The summed E-state index contributed by atoms with van der Waals surface area (Å²) in [5.41, 5.74) is -0.157. The molecule has 0 aromatic heterocycles. The Morgan fingerprint density at radius 2 is 2.10 bits per heavy atom. The van der Waals surface area contributed by atoms with E-state index in [1.165, 1.54) is 5.82 Å². The lowest BCUT2D eigenvalue weighted by atomic mass is 10.5. The molecule has 0 radical (unpaired) electrons. The maximum atomic E-state index is 11.1. The van der Waals surface area contributed by atoms with Crippen molar-refractivity contribution in [2.75, 3.05) is 0 Å². The van der Waals surface area contributed by atoms with Crippen LogP contribution in [-0.4, -0.2) is 10.6 Å². The second kappa shape index (κ2) is 3.95. The highest BCUT2D eigenvalue weighted by molar-refractivity contribution is 7.61. The van der Waals surface area contributed by atoms with Crippen LogP contribution in [0, 0.1) is 0 Å². The Morgan fingerprint density at radius 1 is 1.60 bits per heavy atom. The van der Waals surface area contributed by atoms with E-state index in [0.717, 1.165) is 6.42 Å². The minimum absolute atomic E-state index is 0.157. The van der Waals surface area contributed by atoms with E-state index in [-0.39, 0.29) is 5.66 Å². The molecule has 0 spiro atoms. The molecule has 1 N–H and O–H groups in total. The Labute approximate surface area is 62.4 Å². The van der Waals surface area contributed by atoms with Crippen LogP contribution in [0.3, 0.4) is 0 Å². The van der Waals surface area contributed by atoms with Gasteiger partial charge in [0.25, 0.3) is 0 Å². The van der Waals surface area contributed by atoms with Gasteiger partial charge in [-0.25, -0.2) is 0 Å². The van der Waals surface area contributed by atoms with Crippen LogP contribution in [0.5, 0.6) is 0 Å². The van der Waals surface area contributed by atoms with Gasteiger partial charge in [0.1, 0.15) is 0 Å². The normalized spacial score (nSPS) is 18.1. The second-order valence-electron chi connectivity index (χ2n) is 2.56. The molecule has 0 rings (SSSR count). The number of hydrogen-bond donors (Lipinski definition) is 1. The van der Waals surface area contributed by atoms with Gasteiger partial charge in [-0.1, -0.05) is 26.8 Å². The quantitative estimate of drug-likeness (QED) is 0.647. The zero-order valence-corrected chi connectivity index (χ0v) is 7.64. The smallest absolute Gasteiger partial charge is 0.224 e. The van der Waals surface area contributed by atoms with Crippen molar-refractivity contribution >= 4 is 7.37 Å². The molecule has 1 atom stereocenters. The van der Waals surface area contributed by atoms with Crippen LogP contribution in [0.2, 0.25) is 0 Å². The molecule has 0 amide bonds. The first-order valence-corrected chi connectivity index (χ1v) is 5.30. The van der Waals surface area contributed by atoms with Gasteiger partial charge in [0, 0.05) is 5.66 Å². The van der Waals surface area contributed by atoms with E-state index >= 15 is 0 Å². The third-order valence-corrected chi connectivity index (χ3v) is 3.41. The molecule has 0 aromatic rings. The number of rotatable bonds is 3. The van der Waals surface area contributed by atoms with E-state index in [1.54, 1.807) is 19.9 Å². The fourth-order valence-electron chi connectivity index (χ4n) is 0.429. The lowest BCUT2D eigenvalue weighted by Gasteiger charge is -2.09. The third-order valence-electron chi connectivity index (χ3n) is 1.29. The lowest BCUT2D eigenvalue weighted by molar-refractivity contribution is 0.480. The molecule has 0 aliphatic heterocycles. The van der Waals surface area contributed by atoms with Gasteiger partial charge in [-0.3, -0.25) is 4.57 Å². The Bertz CT molecular complexity index is 161. The fourth-order valence-corrected chi connectivity index (χ4v) is 1.29. The van der Waals surface area contributed by atoms with Crippen molar-refractivity contribution in [3.8, 4) is 0 Å². The van der Waals surface area contributed by atoms with Crippen molar-refractivity contribution in [3.63, 3.8) is 0 Å². The first-order chi connectivity index (χ1) is 4.50. The Kier molecular flexibility index (Phi) is 3.92. The molecule has 0 aromatic carbocycles. The average molecular weight is 162 g/mol. The molecule has 10 heavy (non-hydrogen) atoms. The van der Waals surface area contributed by atoms with E-state index in [1.807, 2.05) is 6.92 Å². The van der Waals surface area contributed by atoms with Crippen molar-refractivity contribution in [3.05, 3.63) is 11.9 Å². The molecule has 0 fully saturated rings. The molecule has 0 heterocycles. The molecular weight excluding hydrogens is 147 g/mol. The lowest BCUT2D eigenvalue weighted by Crippen LogP contribution is -1.93. The maximum Gasteiger partial charge on any atom is 0.224 e. The van der Waals surface area contributed by atoms with Gasteiger partial charge in [0.05, 0.1) is 0 Å².